The minimum Gasteiger partial charge on any atom is -0.311 e. The Morgan fingerprint density at radius 3 is 2.50 bits per heavy atom. The number of amides is 1. The van der Waals surface area contributed by atoms with E-state index in [1.165, 1.54) is 18.4 Å². The van der Waals surface area contributed by atoms with E-state index in [1.54, 1.807) is 0 Å². The lowest BCUT2D eigenvalue weighted by atomic mass is 9.90. The van der Waals surface area contributed by atoms with Crippen LogP contribution in [0, 0.1) is 5.92 Å². The summed E-state index contributed by atoms with van der Waals surface area (Å²) in [5, 5.41) is 0. The topological polar surface area (TPSA) is 37.4 Å². The minimum absolute atomic E-state index is 0.135. The SMILES string of the molecule is O=C1CCN(C(=O)CC(c2ccccc2)C2CC2)c2ccccc21. The molecule has 1 amide bonds. The van der Waals surface area contributed by atoms with Crippen LogP contribution in [0.1, 0.15) is 47.5 Å². The molecule has 1 heterocycles. The van der Waals surface area contributed by atoms with E-state index < -0.39 is 0 Å². The van der Waals surface area contributed by atoms with Crippen LogP contribution in [0.3, 0.4) is 0 Å². The highest BCUT2D eigenvalue weighted by Gasteiger charge is 2.36. The van der Waals surface area contributed by atoms with Crippen molar-refractivity contribution in [2.75, 3.05) is 11.4 Å². The van der Waals surface area contributed by atoms with Crippen molar-refractivity contribution >= 4 is 17.4 Å². The third-order valence-corrected chi connectivity index (χ3v) is 5.17. The van der Waals surface area contributed by atoms with Gasteiger partial charge in [0.05, 0.1) is 5.69 Å². The van der Waals surface area contributed by atoms with Crippen molar-refractivity contribution in [3.05, 3.63) is 65.7 Å². The molecule has 2 aromatic rings. The van der Waals surface area contributed by atoms with Gasteiger partial charge in [0.15, 0.2) is 5.78 Å². The molecule has 1 atom stereocenters. The van der Waals surface area contributed by atoms with Crippen LogP contribution in [-0.4, -0.2) is 18.2 Å². The third-order valence-electron chi connectivity index (χ3n) is 5.17. The van der Waals surface area contributed by atoms with Gasteiger partial charge < -0.3 is 4.90 Å². The van der Waals surface area contributed by atoms with Crippen LogP contribution in [0.15, 0.2) is 54.6 Å². The second-order valence-electron chi connectivity index (χ2n) is 6.79. The van der Waals surface area contributed by atoms with Gasteiger partial charge in [-0.05, 0) is 42.4 Å². The summed E-state index contributed by atoms with van der Waals surface area (Å²) in [4.78, 5) is 26.9. The molecule has 122 valence electrons. The van der Waals surface area contributed by atoms with E-state index in [0.29, 0.717) is 36.8 Å². The van der Waals surface area contributed by atoms with Gasteiger partial charge in [-0.15, -0.1) is 0 Å². The van der Waals surface area contributed by atoms with Crippen molar-refractivity contribution in [2.24, 2.45) is 5.92 Å². The molecule has 2 aliphatic rings. The number of carbonyl (C=O) groups is 2. The molecule has 1 aliphatic heterocycles. The maximum absolute atomic E-state index is 13.0. The quantitative estimate of drug-likeness (QED) is 0.847. The number of benzene rings is 2. The fourth-order valence-electron chi connectivity index (χ4n) is 3.73. The second kappa shape index (κ2) is 6.23. The van der Waals surface area contributed by atoms with Crippen molar-refractivity contribution in [1.29, 1.82) is 0 Å². The lowest BCUT2D eigenvalue weighted by Crippen LogP contribution is -2.38. The first-order chi connectivity index (χ1) is 11.7. The molecule has 3 nitrogen and oxygen atoms in total. The monoisotopic (exact) mass is 319 g/mol. The number of nitrogens with zero attached hydrogens (tertiary/aromatic N) is 1. The zero-order chi connectivity index (χ0) is 16.5. The predicted molar refractivity (Wildman–Crippen MR) is 94.3 cm³/mol. The molecule has 0 radical (unpaired) electrons. The number of rotatable bonds is 4. The Kier molecular flexibility index (Phi) is 3.93. The lowest BCUT2D eigenvalue weighted by Gasteiger charge is -2.30. The van der Waals surface area contributed by atoms with Crippen LogP contribution in [0.4, 0.5) is 5.69 Å². The number of para-hydroxylation sites is 1. The van der Waals surface area contributed by atoms with Gasteiger partial charge in [-0.25, -0.2) is 0 Å². The number of hydrogen-bond donors (Lipinski definition) is 0. The lowest BCUT2D eigenvalue weighted by molar-refractivity contribution is -0.119. The van der Waals surface area contributed by atoms with E-state index in [2.05, 4.69) is 12.1 Å². The van der Waals surface area contributed by atoms with Gasteiger partial charge in [-0.1, -0.05) is 42.5 Å². The van der Waals surface area contributed by atoms with Crippen molar-refractivity contribution in [3.8, 4) is 0 Å². The molecular formula is C21H21NO2. The Labute approximate surface area is 142 Å². The number of fused-ring (bicyclic) bond motifs is 1. The Hall–Kier alpha value is -2.42. The molecule has 24 heavy (non-hydrogen) atoms. The van der Waals surface area contributed by atoms with Crippen LogP contribution < -0.4 is 4.90 Å². The first kappa shape index (κ1) is 15.1. The maximum atomic E-state index is 13.0. The van der Waals surface area contributed by atoms with Crippen molar-refractivity contribution in [2.45, 2.75) is 31.6 Å². The van der Waals surface area contributed by atoms with Crippen molar-refractivity contribution < 1.29 is 9.59 Å². The number of anilines is 1. The van der Waals surface area contributed by atoms with Gasteiger partial charge in [0.1, 0.15) is 0 Å². The minimum atomic E-state index is 0.135. The number of ketones is 1. The fourth-order valence-corrected chi connectivity index (χ4v) is 3.73. The summed E-state index contributed by atoms with van der Waals surface area (Å²) in [7, 11) is 0. The van der Waals surface area contributed by atoms with E-state index >= 15 is 0 Å². The van der Waals surface area contributed by atoms with Crippen LogP contribution in [0.5, 0.6) is 0 Å². The van der Waals surface area contributed by atoms with E-state index in [-0.39, 0.29) is 11.7 Å². The van der Waals surface area contributed by atoms with Crippen LogP contribution >= 0.6 is 0 Å². The fraction of sp³-hybridized carbons (Fsp3) is 0.333. The van der Waals surface area contributed by atoms with Crippen LogP contribution in [0.2, 0.25) is 0 Å². The Morgan fingerprint density at radius 2 is 1.75 bits per heavy atom. The number of carbonyl (C=O) groups excluding carboxylic acids is 2. The Balaban J connectivity index is 1.58. The van der Waals surface area contributed by atoms with Crippen molar-refractivity contribution in [3.63, 3.8) is 0 Å². The van der Waals surface area contributed by atoms with Crippen LogP contribution in [0.25, 0.3) is 0 Å². The average Bonchev–Trinajstić information content (AvgIpc) is 3.46. The number of hydrogen-bond acceptors (Lipinski definition) is 2. The van der Waals surface area contributed by atoms with E-state index in [4.69, 9.17) is 0 Å². The van der Waals surface area contributed by atoms with Gasteiger partial charge >= 0.3 is 0 Å². The number of Topliss-reactive ketones (excluding diaryl/α,β-unsaturated/α-hetero) is 1. The molecule has 0 aromatic heterocycles. The van der Waals surface area contributed by atoms with Crippen LogP contribution in [-0.2, 0) is 4.79 Å². The molecule has 3 heteroatoms. The summed E-state index contributed by atoms with van der Waals surface area (Å²) < 4.78 is 0. The zero-order valence-corrected chi connectivity index (χ0v) is 13.7. The van der Waals surface area contributed by atoms with Gasteiger partial charge in [0.25, 0.3) is 0 Å². The van der Waals surface area contributed by atoms with Gasteiger partial charge in [0, 0.05) is 24.9 Å². The standard InChI is InChI=1S/C21H21NO2/c23-20-12-13-22(19-9-5-4-8-17(19)20)21(24)14-18(16-10-11-16)15-6-2-1-3-7-15/h1-9,16,18H,10-14H2. The average molecular weight is 319 g/mol. The molecule has 0 spiro atoms. The molecule has 1 fully saturated rings. The predicted octanol–water partition coefficient (Wildman–Crippen LogP) is 4.19. The molecule has 0 N–H and O–H groups in total. The summed E-state index contributed by atoms with van der Waals surface area (Å²) in [5.41, 5.74) is 2.72. The summed E-state index contributed by atoms with van der Waals surface area (Å²) in [6.45, 7) is 0.501. The van der Waals surface area contributed by atoms with E-state index in [9.17, 15) is 9.59 Å². The molecular weight excluding hydrogens is 298 g/mol. The highest BCUT2D eigenvalue weighted by Crippen LogP contribution is 2.45. The van der Waals surface area contributed by atoms with E-state index in [1.807, 2.05) is 47.4 Å². The largest absolute Gasteiger partial charge is 0.311 e. The molecule has 1 saturated carbocycles. The molecule has 0 bridgehead atoms. The maximum Gasteiger partial charge on any atom is 0.227 e. The van der Waals surface area contributed by atoms with Gasteiger partial charge in [-0.2, -0.15) is 0 Å². The highest BCUT2D eigenvalue weighted by atomic mass is 16.2. The first-order valence-electron chi connectivity index (χ1n) is 8.71. The highest BCUT2D eigenvalue weighted by molar-refractivity contribution is 6.08. The zero-order valence-electron chi connectivity index (χ0n) is 13.7. The smallest absolute Gasteiger partial charge is 0.227 e. The molecule has 4 rings (SSSR count). The molecule has 0 saturated heterocycles. The van der Waals surface area contributed by atoms with E-state index in [0.717, 1.165) is 5.69 Å². The summed E-state index contributed by atoms with van der Waals surface area (Å²) >= 11 is 0. The summed E-state index contributed by atoms with van der Waals surface area (Å²) in [6.07, 6.45) is 3.36. The normalized spacial score (nSPS) is 18.2. The molecule has 2 aromatic carbocycles. The summed E-state index contributed by atoms with van der Waals surface area (Å²) in [6, 6.07) is 17.8. The summed E-state index contributed by atoms with van der Waals surface area (Å²) in [5.74, 6) is 1.19. The third kappa shape index (κ3) is 2.86. The van der Waals surface area contributed by atoms with Gasteiger partial charge in [-0.3, -0.25) is 9.59 Å². The molecule has 1 aliphatic carbocycles. The Bertz CT molecular complexity index is 764. The van der Waals surface area contributed by atoms with Crippen molar-refractivity contribution in [1.82, 2.24) is 0 Å². The molecule has 1 unspecified atom stereocenters. The first-order valence-corrected chi connectivity index (χ1v) is 8.71. The Morgan fingerprint density at radius 1 is 1.04 bits per heavy atom. The van der Waals surface area contributed by atoms with Gasteiger partial charge in [0.2, 0.25) is 5.91 Å². The second-order valence-corrected chi connectivity index (χ2v) is 6.79.